The molecule has 9 nitrogen and oxygen atoms in total. The first kappa shape index (κ1) is 24.3. The van der Waals surface area contributed by atoms with E-state index in [-0.39, 0.29) is 66.6 Å². The Morgan fingerprint density at radius 2 is 1.30 bits per heavy atom. The number of esters is 4. The SMILES string of the molecule is COC(=O)c1c(C)c2c(c(C)c1OC(C)=O)OC(=O)c1c(C)c(Cl)c(OC(C)=O)c(Cl)c1O2. The minimum atomic E-state index is -0.874. The van der Waals surface area contributed by atoms with Crippen LogP contribution in [-0.2, 0) is 14.3 Å². The van der Waals surface area contributed by atoms with Crippen LogP contribution in [-0.4, -0.2) is 31.0 Å². The van der Waals surface area contributed by atoms with Gasteiger partial charge in [0.25, 0.3) is 0 Å². The van der Waals surface area contributed by atoms with Crippen LogP contribution in [0.4, 0.5) is 0 Å². The highest BCUT2D eigenvalue weighted by Gasteiger charge is 2.37. The van der Waals surface area contributed by atoms with Crippen LogP contribution in [0.3, 0.4) is 0 Å². The third kappa shape index (κ3) is 4.09. The summed E-state index contributed by atoms with van der Waals surface area (Å²) in [5, 5.41) is -0.328. The van der Waals surface area contributed by atoms with Crippen LogP contribution in [0.25, 0.3) is 0 Å². The van der Waals surface area contributed by atoms with Gasteiger partial charge in [0, 0.05) is 25.0 Å². The van der Waals surface area contributed by atoms with Gasteiger partial charge in [-0.3, -0.25) is 9.59 Å². The first-order valence-electron chi connectivity index (χ1n) is 9.44. The summed E-state index contributed by atoms with van der Waals surface area (Å²) in [5.74, 6) is -3.76. The third-order valence-electron chi connectivity index (χ3n) is 4.84. The monoisotopic (exact) mass is 496 g/mol. The Kier molecular flexibility index (Phi) is 6.58. The number of benzene rings is 2. The summed E-state index contributed by atoms with van der Waals surface area (Å²) >= 11 is 12.7. The molecule has 1 aliphatic heterocycles. The molecule has 0 radical (unpaired) electrons. The molecular weight excluding hydrogens is 479 g/mol. The Labute approximate surface area is 198 Å². The average molecular weight is 497 g/mol. The zero-order valence-electron chi connectivity index (χ0n) is 18.4. The molecule has 0 spiro atoms. The number of carbonyl (C=O) groups excluding carboxylic acids is 4. The summed E-state index contributed by atoms with van der Waals surface area (Å²) in [4.78, 5) is 48.8. The molecule has 1 aliphatic rings. The number of fused-ring (bicyclic) bond motifs is 2. The lowest BCUT2D eigenvalue weighted by atomic mass is 10.0. The van der Waals surface area contributed by atoms with E-state index < -0.39 is 23.9 Å². The zero-order valence-corrected chi connectivity index (χ0v) is 19.9. The Bertz CT molecular complexity index is 1250. The number of hydrogen-bond acceptors (Lipinski definition) is 9. The van der Waals surface area contributed by atoms with Gasteiger partial charge in [0.2, 0.25) is 0 Å². The van der Waals surface area contributed by atoms with Gasteiger partial charge in [-0.1, -0.05) is 23.2 Å². The third-order valence-corrected chi connectivity index (χ3v) is 5.64. The normalized spacial score (nSPS) is 11.9. The summed E-state index contributed by atoms with van der Waals surface area (Å²) in [6, 6.07) is 0. The summed E-state index contributed by atoms with van der Waals surface area (Å²) in [6.07, 6.45) is 0. The topological polar surface area (TPSA) is 114 Å². The average Bonchev–Trinajstić information content (AvgIpc) is 2.89. The Hall–Kier alpha value is -3.30. The molecule has 1 heterocycles. The lowest BCUT2D eigenvalue weighted by Crippen LogP contribution is -2.15. The smallest absolute Gasteiger partial charge is 0.347 e. The first-order chi connectivity index (χ1) is 15.4. The fourth-order valence-electron chi connectivity index (χ4n) is 3.36. The summed E-state index contributed by atoms with van der Waals surface area (Å²) in [6.45, 7) is 6.77. The maximum atomic E-state index is 13.1. The van der Waals surface area contributed by atoms with Gasteiger partial charge in [0.05, 0.1) is 12.1 Å². The molecule has 0 aliphatic carbocycles. The first-order valence-corrected chi connectivity index (χ1v) is 10.2. The van der Waals surface area contributed by atoms with Crippen molar-refractivity contribution in [3.63, 3.8) is 0 Å². The molecule has 2 aromatic rings. The van der Waals surface area contributed by atoms with E-state index in [0.717, 1.165) is 21.0 Å². The highest BCUT2D eigenvalue weighted by Crippen LogP contribution is 2.53. The van der Waals surface area contributed by atoms with Crippen molar-refractivity contribution >= 4 is 47.1 Å². The summed E-state index contributed by atoms with van der Waals surface area (Å²) in [5.41, 5.74) is 0.258. The van der Waals surface area contributed by atoms with Gasteiger partial charge in [-0.05, 0) is 26.3 Å². The predicted molar refractivity (Wildman–Crippen MR) is 116 cm³/mol. The second-order valence-corrected chi connectivity index (χ2v) is 7.82. The van der Waals surface area contributed by atoms with E-state index in [0.29, 0.717) is 0 Å². The highest BCUT2D eigenvalue weighted by atomic mass is 35.5. The van der Waals surface area contributed by atoms with Gasteiger partial charge in [0.15, 0.2) is 28.7 Å². The van der Waals surface area contributed by atoms with E-state index in [1.165, 1.54) is 20.8 Å². The predicted octanol–water partition coefficient (Wildman–Crippen LogP) is 4.88. The molecule has 0 amide bonds. The summed E-state index contributed by atoms with van der Waals surface area (Å²) in [7, 11) is 1.16. The van der Waals surface area contributed by atoms with Crippen LogP contribution in [0.5, 0.6) is 28.7 Å². The van der Waals surface area contributed by atoms with Crippen LogP contribution in [0, 0.1) is 20.8 Å². The summed E-state index contributed by atoms with van der Waals surface area (Å²) < 4.78 is 26.7. The van der Waals surface area contributed by atoms with Crippen molar-refractivity contribution in [1.29, 1.82) is 0 Å². The van der Waals surface area contributed by atoms with E-state index in [9.17, 15) is 19.2 Å². The maximum absolute atomic E-state index is 13.1. The molecule has 3 rings (SSSR count). The standard InChI is InChI=1S/C22H18Cl2O9/c1-7-12-19(15(24)20(14(7)23)31-11(5)26)32-17-8(2)13(21(27)29-6)16(30-10(4)25)9(3)18(17)33-22(12)28/h1-6H3. The molecule has 0 N–H and O–H groups in total. The number of carbonyl (C=O) groups is 4. The lowest BCUT2D eigenvalue weighted by molar-refractivity contribution is -0.132. The minimum absolute atomic E-state index is 0.0479. The van der Waals surface area contributed by atoms with Crippen molar-refractivity contribution < 1.29 is 42.9 Å². The molecule has 0 aromatic heterocycles. The molecule has 33 heavy (non-hydrogen) atoms. The van der Waals surface area contributed by atoms with E-state index in [1.54, 1.807) is 0 Å². The van der Waals surface area contributed by atoms with Gasteiger partial charge in [-0.2, -0.15) is 0 Å². The molecule has 2 aromatic carbocycles. The largest absolute Gasteiger partial charge is 0.465 e. The van der Waals surface area contributed by atoms with E-state index in [1.807, 2.05) is 0 Å². The number of methoxy groups -OCH3 is 1. The Morgan fingerprint density at radius 3 is 1.85 bits per heavy atom. The molecule has 0 saturated heterocycles. The van der Waals surface area contributed by atoms with E-state index in [2.05, 4.69) is 0 Å². The number of hydrogen-bond donors (Lipinski definition) is 0. The fourth-order valence-corrected chi connectivity index (χ4v) is 3.90. The van der Waals surface area contributed by atoms with Crippen molar-refractivity contribution in [3.8, 4) is 28.7 Å². The molecule has 0 bridgehead atoms. The van der Waals surface area contributed by atoms with Crippen molar-refractivity contribution in [3.05, 3.63) is 37.9 Å². The second-order valence-electron chi connectivity index (χ2n) is 7.07. The van der Waals surface area contributed by atoms with E-state index >= 15 is 0 Å². The number of halogens is 2. The van der Waals surface area contributed by atoms with Gasteiger partial charge in [0.1, 0.15) is 16.1 Å². The number of rotatable bonds is 3. The molecule has 0 saturated carbocycles. The lowest BCUT2D eigenvalue weighted by Gasteiger charge is -2.20. The maximum Gasteiger partial charge on any atom is 0.347 e. The van der Waals surface area contributed by atoms with Crippen LogP contribution in [0.1, 0.15) is 51.3 Å². The Balaban J connectivity index is 2.39. The highest BCUT2D eigenvalue weighted by molar-refractivity contribution is 6.39. The van der Waals surface area contributed by atoms with Crippen molar-refractivity contribution in [2.24, 2.45) is 0 Å². The molecule has 0 unspecified atom stereocenters. The van der Waals surface area contributed by atoms with Gasteiger partial charge >= 0.3 is 23.9 Å². The zero-order chi connectivity index (χ0) is 24.8. The van der Waals surface area contributed by atoms with E-state index in [4.69, 9.17) is 46.9 Å². The van der Waals surface area contributed by atoms with Crippen molar-refractivity contribution in [1.82, 2.24) is 0 Å². The molecule has 11 heteroatoms. The quantitative estimate of drug-likeness (QED) is 0.432. The van der Waals surface area contributed by atoms with Crippen LogP contribution < -0.4 is 18.9 Å². The van der Waals surface area contributed by atoms with Gasteiger partial charge in [-0.15, -0.1) is 0 Å². The van der Waals surface area contributed by atoms with Crippen LogP contribution in [0.2, 0.25) is 10.0 Å². The minimum Gasteiger partial charge on any atom is -0.465 e. The molecule has 174 valence electrons. The number of ether oxygens (including phenoxy) is 5. The van der Waals surface area contributed by atoms with Crippen LogP contribution >= 0.6 is 23.2 Å². The van der Waals surface area contributed by atoms with Crippen molar-refractivity contribution in [2.45, 2.75) is 34.6 Å². The van der Waals surface area contributed by atoms with Gasteiger partial charge < -0.3 is 23.7 Å². The fraction of sp³-hybridized carbons (Fsp3) is 0.273. The second kappa shape index (κ2) is 8.92. The van der Waals surface area contributed by atoms with Crippen LogP contribution in [0.15, 0.2) is 0 Å². The van der Waals surface area contributed by atoms with Crippen molar-refractivity contribution in [2.75, 3.05) is 7.11 Å². The van der Waals surface area contributed by atoms with Gasteiger partial charge in [-0.25, -0.2) is 9.59 Å². The molecule has 0 fully saturated rings. The molecule has 0 atom stereocenters. The Morgan fingerprint density at radius 1 is 0.758 bits per heavy atom. The molecular formula is C22H18Cl2O9.